The number of hydrogen-bond donors (Lipinski definition) is 2. The van der Waals surface area contributed by atoms with Gasteiger partial charge in [-0.2, -0.15) is 0 Å². The molecule has 2 N–H and O–H groups in total. The molecule has 7 nitrogen and oxygen atoms in total. The van der Waals surface area contributed by atoms with Crippen molar-refractivity contribution in [3.8, 4) is 11.5 Å². The molecule has 0 aliphatic carbocycles. The van der Waals surface area contributed by atoms with Gasteiger partial charge in [-0.15, -0.1) is 11.3 Å². The van der Waals surface area contributed by atoms with Crippen LogP contribution in [0.3, 0.4) is 0 Å². The van der Waals surface area contributed by atoms with Crippen molar-refractivity contribution in [3.05, 3.63) is 63.2 Å². The van der Waals surface area contributed by atoms with Gasteiger partial charge in [0.1, 0.15) is 5.76 Å². The van der Waals surface area contributed by atoms with Crippen molar-refractivity contribution in [1.82, 2.24) is 15.4 Å². The highest BCUT2D eigenvalue weighted by molar-refractivity contribution is 7.14. The van der Waals surface area contributed by atoms with Crippen LogP contribution in [0.15, 0.2) is 40.8 Å². The second kappa shape index (κ2) is 7.57. The molecule has 0 spiro atoms. The van der Waals surface area contributed by atoms with Gasteiger partial charge in [0.2, 0.25) is 11.8 Å². The zero-order valence-corrected chi connectivity index (χ0v) is 16.1. The van der Waals surface area contributed by atoms with Crippen LogP contribution in [0, 0.1) is 6.92 Å². The minimum absolute atomic E-state index is 0.0248. The summed E-state index contributed by atoms with van der Waals surface area (Å²) >= 11 is 1.30. The maximum Gasteiger partial charge on any atom is 0.284 e. The van der Waals surface area contributed by atoms with E-state index >= 15 is 0 Å². The van der Waals surface area contributed by atoms with Gasteiger partial charge >= 0.3 is 0 Å². The van der Waals surface area contributed by atoms with E-state index in [4.69, 9.17) is 9.62 Å². The van der Waals surface area contributed by atoms with Crippen molar-refractivity contribution >= 4 is 23.2 Å². The van der Waals surface area contributed by atoms with E-state index in [2.05, 4.69) is 4.98 Å². The van der Waals surface area contributed by atoms with E-state index < -0.39 is 5.91 Å². The van der Waals surface area contributed by atoms with Crippen LogP contribution in [0.25, 0.3) is 11.5 Å². The topological polar surface area (TPSA) is 95.7 Å². The molecule has 3 aromatic rings. The molecular formula is C20H19N3O4S. The van der Waals surface area contributed by atoms with Crippen molar-refractivity contribution in [2.45, 2.75) is 26.3 Å². The van der Waals surface area contributed by atoms with Crippen LogP contribution >= 0.6 is 11.3 Å². The molecule has 2 aromatic heterocycles. The predicted octanol–water partition coefficient (Wildman–Crippen LogP) is 2.96. The van der Waals surface area contributed by atoms with Crippen LogP contribution in [0.1, 0.15) is 31.6 Å². The summed E-state index contributed by atoms with van der Waals surface area (Å²) in [6.07, 6.45) is 0.857. The highest BCUT2D eigenvalue weighted by Gasteiger charge is 2.25. The summed E-state index contributed by atoms with van der Waals surface area (Å²) in [6, 6.07) is 11.4. The first-order chi connectivity index (χ1) is 13.5. The van der Waals surface area contributed by atoms with E-state index in [1.165, 1.54) is 11.3 Å². The van der Waals surface area contributed by atoms with Crippen LogP contribution in [0.4, 0.5) is 0 Å². The number of carbonyl (C=O) groups excluding carboxylic acids is 2. The summed E-state index contributed by atoms with van der Waals surface area (Å²) in [4.78, 5) is 32.1. The molecule has 28 heavy (non-hydrogen) atoms. The number of oxazole rings is 1. The van der Waals surface area contributed by atoms with E-state index in [1.807, 2.05) is 37.3 Å². The number of nitrogens with zero attached hydrogens (tertiary/aromatic N) is 2. The summed E-state index contributed by atoms with van der Waals surface area (Å²) in [5, 5.41) is 8.79. The molecule has 0 fully saturated rings. The molecule has 0 saturated heterocycles. The van der Waals surface area contributed by atoms with Crippen LogP contribution in [-0.2, 0) is 24.2 Å². The summed E-state index contributed by atoms with van der Waals surface area (Å²) < 4.78 is 5.74. The lowest BCUT2D eigenvalue weighted by atomic mass is 10.1. The molecule has 4 rings (SSSR count). The second-order valence-electron chi connectivity index (χ2n) is 6.63. The Hall–Kier alpha value is -2.97. The van der Waals surface area contributed by atoms with E-state index in [0.29, 0.717) is 41.7 Å². The average Bonchev–Trinajstić information content (AvgIpc) is 3.31. The monoisotopic (exact) mass is 397 g/mol. The van der Waals surface area contributed by atoms with Gasteiger partial charge in [-0.3, -0.25) is 14.8 Å². The number of aromatic nitrogens is 1. The molecule has 1 aliphatic heterocycles. The number of thiophene rings is 1. The van der Waals surface area contributed by atoms with E-state index in [9.17, 15) is 9.59 Å². The van der Waals surface area contributed by atoms with Gasteiger partial charge in [-0.25, -0.2) is 10.5 Å². The Bertz CT molecular complexity index is 1030. The van der Waals surface area contributed by atoms with E-state index in [0.717, 1.165) is 16.0 Å². The molecule has 1 aromatic carbocycles. The Balaban J connectivity index is 1.47. The van der Waals surface area contributed by atoms with Gasteiger partial charge in [0, 0.05) is 17.0 Å². The number of fused-ring (bicyclic) bond motifs is 1. The van der Waals surface area contributed by atoms with Crippen molar-refractivity contribution in [2.75, 3.05) is 6.54 Å². The normalized spacial score (nSPS) is 13.3. The Morgan fingerprint density at radius 2 is 2.11 bits per heavy atom. The van der Waals surface area contributed by atoms with Gasteiger partial charge in [-0.05, 0) is 37.1 Å². The molecule has 1 aliphatic rings. The highest BCUT2D eigenvalue weighted by atomic mass is 32.1. The van der Waals surface area contributed by atoms with Gasteiger partial charge in [0.15, 0.2) is 0 Å². The van der Waals surface area contributed by atoms with Crippen molar-refractivity contribution in [2.24, 2.45) is 0 Å². The largest absolute Gasteiger partial charge is 0.441 e. The Labute approximate surface area is 165 Å². The van der Waals surface area contributed by atoms with Gasteiger partial charge in [0.05, 0.1) is 23.5 Å². The smallest absolute Gasteiger partial charge is 0.284 e. The Kier molecular flexibility index (Phi) is 4.97. The van der Waals surface area contributed by atoms with Crippen LogP contribution in [0.5, 0.6) is 0 Å². The van der Waals surface area contributed by atoms with Crippen LogP contribution in [-0.4, -0.2) is 33.5 Å². The number of aryl methyl sites for hydroxylation is 1. The SMILES string of the molecule is Cc1oc(-c2ccccc2)nc1CC(=O)N1CCc2cc(C(=O)NO)sc2C1. The quantitative estimate of drug-likeness (QED) is 0.521. The lowest BCUT2D eigenvalue weighted by molar-refractivity contribution is -0.131. The predicted molar refractivity (Wildman–Crippen MR) is 103 cm³/mol. The molecule has 0 bridgehead atoms. The fourth-order valence-corrected chi connectivity index (χ4v) is 4.37. The molecule has 0 saturated carbocycles. The third kappa shape index (κ3) is 3.56. The van der Waals surface area contributed by atoms with E-state index in [1.54, 1.807) is 16.4 Å². The minimum Gasteiger partial charge on any atom is -0.441 e. The molecule has 2 amide bonds. The standard InChI is InChI=1S/C20H19N3O4S/c1-12-15(21-20(27-12)13-5-3-2-4-6-13)10-18(24)23-8-7-14-9-16(19(25)22-26)28-17(14)11-23/h2-6,9,26H,7-8,10-11H2,1H3,(H,22,25). The fourth-order valence-electron chi connectivity index (χ4n) is 3.25. The van der Waals surface area contributed by atoms with Gasteiger partial charge < -0.3 is 9.32 Å². The highest BCUT2D eigenvalue weighted by Crippen LogP contribution is 2.29. The number of hydrogen-bond acceptors (Lipinski definition) is 6. The molecule has 3 heterocycles. The lowest BCUT2D eigenvalue weighted by Crippen LogP contribution is -2.36. The van der Waals surface area contributed by atoms with Gasteiger partial charge in [-0.1, -0.05) is 18.2 Å². The van der Waals surface area contributed by atoms with E-state index in [-0.39, 0.29) is 12.3 Å². The minimum atomic E-state index is -0.524. The molecular weight excluding hydrogens is 378 g/mol. The summed E-state index contributed by atoms with van der Waals surface area (Å²) in [7, 11) is 0. The molecule has 0 radical (unpaired) electrons. The maximum absolute atomic E-state index is 12.8. The Morgan fingerprint density at radius 1 is 1.32 bits per heavy atom. The zero-order valence-electron chi connectivity index (χ0n) is 15.3. The number of rotatable bonds is 4. The Morgan fingerprint density at radius 3 is 2.86 bits per heavy atom. The zero-order chi connectivity index (χ0) is 19.7. The first-order valence-corrected chi connectivity index (χ1v) is 9.72. The summed E-state index contributed by atoms with van der Waals surface area (Å²) in [5.74, 6) is 0.606. The summed E-state index contributed by atoms with van der Waals surface area (Å²) in [5.41, 5.74) is 4.22. The van der Waals surface area contributed by atoms with Crippen molar-refractivity contribution in [1.29, 1.82) is 0 Å². The molecule has 8 heteroatoms. The number of benzene rings is 1. The third-order valence-corrected chi connectivity index (χ3v) is 5.95. The lowest BCUT2D eigenvalue weighted by Gasteiger charge is -2.26. The number of nitrogens with one attached hydrogen (secondary N) is 1. The van der Waals surface area contributed by atoms with Crippen molar-refractivity contribution < 1.29 is 19.2 Å². The molecule has 0 atom stereocenters. The first-order valence-electron chi connectivity index (χ1n) is 8.90. The van der Waals surface area contributed by atoms with Crippen LogP contribution < -0.4 is 5.48 Å². The maximum atomic E-state index is 12.8. The van der Waals surface area contributed by atoms with Crippen molar-refractivity contribution in [3.63, 3.8) is 0 Å². The number of hydroxylamine groups is 1. The van der Waals surface area contributed by atoms with Crippen LogP contribution in [0.2, 0.25) is 0 Å². The molecule has 144 valence electrons. The van der Waals surface area contributed by atoms with Gasteiger partial charge in [0.25, 0.3) is 5.91 Å². The summed E-state index contributed by atoms with van der Waals surface area (Å²) in [6.45, 7) is 2.86. The average molecular weight is 397 g/mol. The number of carbonyl (C=O) groups is 2. The second-order valence-corrected chi connectivity index (χ2v) is 7.77. The fraction of sp³-hybridized carbons (Fsp3) is 0.250. The first kappa shape index (κ1) is 18.4. The molecule has 0 unspecified atom stereocenters. The third-order valence-electron chi connectivity index (χ3n) is 4.79. The number of amides is 2.